The van der Waals surface area contributed by atoms with Crippen molar-refractivity contribution in [2.24, 2.45) is 0 Å². The molecule has 0 spiro atoms. The molecule has 0 fully saturated rings. The van der Waals surface area contributed by atoms with Crippen LogP contribution in [0.3, 0.4) is 0 Å². The van der Waals surface area contributed by atoms with E-state index in [1.54, 1.807) is 35.3 Å². The molecular formula is C20H13F2IrN3-2. The zero-order chi connectivity index (χ0) is 17.5. The van der Waals surface area contributed by atoms with E-state index >= 15 is 0 Å². The van der Waals surface area contributed by atoms with Crippen LogP contribution in [0.2, 0.25) is 0 Å². The number of aromatic nitrogens is 3. The first-order valence-corrected chi connectivity index (χ1v) is 7.49. The molecule has 0 saturated carbocycles. The van der Waals surface area contributed by atoms with E-state index in [4.69, 9.17) is 0 Å². The van der Waals surface area contributed by atoms with Gasteiger partial charge in [0, 0.05) is 50.3 Å². The molecule has 0 aliphatic carbocycles. The molecule has 3 nitrogen and oxygen atoms in total. The average molecular weight is 526 g/mol. The Bertz CT molecular complexity index is 914. The van der Waals surface area contributed by atoms with E-state index < -0.39 is 11.6 Å². The number of benzene rings is 2. The van der Waals surface area contributed by atoms with Gasteiger partial charge >= 0.3 is 0 Å². The zero-order valence-electron chi connectivity index (χ0n) is 13.4. The molecule has 0 aliphatic rings. The van der Waals surface area contributed by atoms with Gasteiger partial charge in [-0.25, -0.2) is 0 Å². The van der Waals surface area contributed by atoms with Crippen molar-refractivity contribution < 1.29 is 28.9 Å². The van der Waals surface area contributed by atoms with E-state index in [0.29, 0.717) is 5.69 Å². The second-order valence-electron chi connectivity index (χ2n) is 4.95. The number of pyridine rings is 1. The van der Waals surface area contributed by atoms with Gasteiger partial charge in [0.2, 0.25) is 0 Å². The quantitative estimate of drug-likeness (QED) is 0.361. The Hall–Kier alpha value is -2.69. The van der Waals surface area contributed by atoms with Gasteiger partial charge in [0.05, 0.1) is 0 Å². The van der Waals surface area contributed by atoms with Gasteiger partial charge in [0.25, 0.3) is 0 Å². The average Bonchev–Trinajstić information content (AvgIpc) is 3.19. The standard InChI is InChI=1S/C11H6F2N.C9H7N2.Ir/c12-8-4-5-9(10(13)7-8)11-3-1-2-6-14-11;1-2-5-9(6-3-1)11-8-4-7-10-11;/h1-4,6-7H;1-5,7-8H;/q2*-1;. The van der Waals surface area contributed by atoms with Gasteiger partial charge in [-0.3, -0.25) is 13.5 Å². The Labute approximate surface area is 163 Å². The van der Waals surface area contributed by atoms with Gasteiger partial charge in [-0.05, 0) is 23.5 Å². The maximum absolute atomic E-state index is 13.2. The van der Waals surface area contributed by atoms with Gasteiger partial charge in [0.1, 0.15) is 0 Å². The van der Waals surface area contributed by atoms with E-state index in [0.717, 1.165) is 17.8 Å². The summed E-state index contributed by atoms with van der Waals surface area (Å²) < 4.78 is 27.6. The molecule has 0 saturated heterocycles. The molecule has 1 radical (unpaired) electrons. The summed E-state index contributed by atoms with van der Waals surface area (Å²) in [6, 6.07) is 22.2. The van der Waals surface area contributed by atoms with Crippen LogP contribution >= 0.6 is 0 Å². The molecule has 2 aromatic carbocycles. The second-order valence-corrected chi connectivity index (χ2v) is 4.95. The molecule has 0 bridgehead atoms. The van der Waals surface area contributed by atoms with E-state index in [1.165, 1.54) is 0 Å². The largest absolute Gasteiger partial charge is 0.305 e. The predicted octanol–water partition coefficient (Wildman–Crippen LogP) is 4.50. The van der Waals surface area contributed by atoms with Crippen molar-refractivity contribution in [1.29, 1.82) is 0 Å². The molecule has 2 aromatic heterocycles. The third-order valence-electron chi connectivity index (χ3n) is 3.22. The molecule has 4 aromatic rings. The van der Waals surface area contributed by atoms with Crippen LogP contribution in [0.5, 0.6) is 0 Å². The fraction of sp³-hybridized carbons (Fsp3) is 0. The number of hydrogen-bond donors (Lipinski definition) is 0. The third-order valence-corrected chi connectivity index (χ3v) is 3.22. The minimum Gasteiger partial charge on any atom is -0.305 e. The Kier molecular flexibility index (Phi) is 7.33. The van der Waals surface area contributed by atoms with Gasteiger partial charge < -0.3 is 4.98 Å². The van der Waals surface area contributed by atoms with Gasteiger partial charge in [-0.1, -0.05) is 23.8 Å². The second kappa shape index (κ2) is 9.70. The van der Waals surface area contributed by atoms with Gasteiger partial charge in [0.15, 0.2) is 0 Å². The van der Waals surface area contributed by atoms with Crippen molar-refractivity contribution in [3.05, 3.63) is 103 Å². The monoisotopic (exact) mass is 526 g/mol. The molecule has 0 N–H and O–H groups in total. The summed E-state index contributed by atoms with van der Waals surface area (Å²) >= 11 is 0. The molecule has 2 heterocycles. The minimum atomic E-state index is -0.649. The van der Waals surface area contributed by atoms with Crippen molar-refractivity contribution in [2.75, 3.05) is 0 Å². The maximum Gasteiger partial charge on any atom is 0.0493 e. The Morgan fingerprint density at radius 2 is 1.77 bits per heavy atom. The maximum atomic E-state index is 13.2. The van der Waals surface area contributed by atoms with Crippen LogP contribution in [0, 0.1) is 23.8 Å². The minimum absolute atomic E-state index is 0. The summed E-state index contributed by atoms with van der Waals surface area (Å²) in [5, 5.41) is 4.07. The zero-order valence-corrected chi connectivity index (χ0v) is 15.8. The smallest absolute Gasteiger partial charge is 0.0493 e. The van der Waals surface area contributed by atoms with Crippen LogP contribution in [-0.2, 0) is 20.1 Å². The normalized spacial score (nSPS) is 9.62. The summed E-state index contributed by atoms with van der Waals surface area (Å²) in [7, 11) is 0. The molecular weight excluding hydrogens is 512 g/mol. The molecule has 0 amide bonds. The van der Waals surface area contributed by atoms with E-state index in [-0.39, 0.29) is 25.7 Å². The summed E-state index contributed by atoms with van der Waals surface area (Å²) in [6.07, 6.45) is 5.19. The van der Waals surface area contributed by atoms with E-state index in [1.807, 2.05) is 36.5 Å². The van der Waals surface area contributed by atoms with Crippen molar-refractivity contribution in [3.63, 3.8) is 0 Å². The van der Waals surface area contributed by atoms with Crippen LogP contribution in [0.25, 0.3) is 16.9 Å². The first-order valence-electron chi connectivity index (χ1n) is 7.49. The van der Waals surface area contributed by atoms with Crippen molar-refractivity contribution in [1.82, 2.24) is 14.8 Å². The van der Waals surface area contributed by atoms with Crippen molar-refractivity contribution in [2.45, 2.75) is 0 Å². The van der Waals surface area contributed by atoms with Crippen molar-refractivity contribution >= 4 is 0 Å². The Morgan fingerprint density at radius 3 is 2.38 bits per heavy atom. The summed E-state index contributed by atoms with van der Waals surface area (Å²) in [5.74, 6) is -1.29. The molecule has 26 heavy (non-hydrogen) atoms. The van der Waals surface area contributed by atoms with E-state index in [9.17, 15) is 8.78 Å². The fourth-order valence-corrected chi connectivity index (χ4v) is 2.09. The van der Waals surface area contributed by atoms with Crippen LogP contribution in [-0.4, -0.2) is 14.8 Å². The molecule has 133 valence electrons. The Balaban J connectivity index is 0.000000184. The number of para-hydroxylation sites is 1. The number of rotatable bonds is 2. The summed E-state index contributed by atoms with van der Waals surface area (Å²) in [6.45, 7) is 0. The van der Waals surface area contributed by atoms with Crippen molar-refractivity contribution in [3.8, 4) is 16.9 Å². The van der Waals surface area contributed by atoms with Crippen LogP contribution in [0.1, 0.15) is 0 Å². The fourth-order valence-electron chi connectivity index (χ4n) is 2.09. The van der Waals surface area contributed by atoms with Gasteiger partial charge in [-0.15, -0.1) is 18.2 Å². The number of nitrogens with zero attached hydrogens (tertiary/aromatic N) is 3. The number of hydrogen-bond acceptors (Lipinski definition) is 2. The first kappa shape index (κ1) is 19.6. The van der Waals surface area contributed by atoms with Crippen LogP contribution in [0.15, 0.2) is 79.3 Å². The topological polar surface area (TPSA) is 30.7 Å². The third kappa shape index (κ3) is 5.15. The molecule has 0 unspecified atom stereocenters. The van der Waals surface area contributed by atoms with Crippen LogP contribution in [0.4, 0.5) is 8.78 Å². The molecule has 0 atom stereocenters. The first-order chi connectivity index (χ1) is 12.2. The molecule has 4 rings (SSSR count). The molecule has 6 heteroatoms. The summed E-state index contributed by atoms with van der Waals surface area (Å²) in [5.41, 5.74) is 1.61. The number of halogens is 2. The van der Waals surface area contributed by atoms with Gasteiger partial charge in [-0.2, -0.15) is 29.4 Å². The molecule has 0 aliphatic heterocycles. The Morgan fingerprint density at radius 1 is 0.923 bits per heavy atom. The predicted molar refractivity (Wildman–Crippen MR) is 90.8 cm³/mol. The van der Waals surface area contributed by atoms with Crippen LogP contribution < -0.4 is 0 Å². The summed E-state index contributed by atoms with van der Waals surface area (Å²) in [4.78, 5) is 3.95. The SMILES string of the molecule is Fc1c[c-]c(-c2ccccn2)c(F)c1.[Ir].[c-]1ccccc1-n1cccn1. The van der Waals surface area contributed by atoms with E-state index in [2.05, 4.69) is 22.2 Å².